The highest BCUT2D eigenvalue weighted by Gasteiger charge is 2.06. The molecule has 0 bridgehead atoms. The van der Waals surface area contributed by atoms with E-state index >= 15 is 0 Å². The van der Waals surface area contributed by atoms with E-state index in [2.05, 4.69) is 27.8 Å². The summed E-state index contributed by atoms with van der Waals surface area (Å²) in [5.74, 6) is -0.373. The molecular formula is C10H10BrClFN. The monoisotopic (exact) mass is 277 g/mol. The van der Waals surface area contributed by atoms with Gasteiger partial charge in [-0.15, -0.1) is 0 Å². The molecule has 0 atom stereocenters. The van der Waals surface area contributed by atoms with Crippen molar-refractivity contribution in [2.75, 3.05) is 11.9 Å². The van der Waals surface area contributed by atoms with Gasteiger partial charge in [0, 0.05) is 12.2 Å². The Morgan fingerprint density at radius 2 is 2.29 bits per heavy atom. The molecule has 0 aliphatic rings. The standard InChI is InChI=1S/C10H10BrClFN/c1-6(2)5-14-7-3-8(12)10(11)9(13)4-7/h3-4,14H,1,5H2,2H3. The molecule has 0 saturated heterocycles. The van der Waals surface area contributed by atoms with Crippen LogP contribution >= 0.6 is 27.5 Å². The molecular weight excluding hydrogens is 268 g/mol. The molecule has 0 fully saturated rings. The Morgan fingerprint density at radius 1 is 1.64 bits per heavy atom. The number of nitrogens with one attached hydrogen (secondary N) is 1. The molecule has 0 unspecified atom stereocenters. The minimum atomic E-state index is -0.373. The largest absolute Gasteiger partial charge is 0.381 e. The van der Waals surface area contributed by atoms with Crippen LogP contribution in [0.1, 0.15) is 6.92 Å². The van der Waals surface area contributed by atoms with Gasteiger partial charge in [0.15, 0.2) is 0 Å². The zero-order valence-electron chi connectivity index (χ0n) is 7.70. The van der Waals surface area contributed by atoms with E-state index < -0.39 is 0 Å². The van der Waals surface area contributed by atoms with Gasteiger partial charge in [-0.1, -0.05) is 23.8 Å². The number of rotatable bonds is 3. The minimum Gasteiger partial charge on any atom is -0.381 e. The third-order valence-electron chi connectivity index (χ3n) is 1.58. The summed E-state index contributed by atoms with van der Waals surface area (Å²) in [6, 6.07) is 3.05. The first-order valence-corrected chi connectivity index (χ1v) is 5.20. The van der Waals surface area contributed by atoms with Gasteiger partial charge < -0.3 is 5.32 Å². The van der Waals surface area contributed by atoms with E-state index in [1.807, 2.05) is 6.92 Å². The molecule has 1 rings (SSSR count). The van der Waals surface area contributed by atoms with Crippen LogP contribution in [0, 0.1) is 5.82 Å². The summed E-state index contributed by atoms with van der Waals surface area (Å²) in [7, 11) is 0. The van der Waals surface area contributed by atoms with Crippen molar-refractivity contribution in [2.24, 2.45) is 0 Å². The number of hydrogen-bond acceptors (Lipinski definition) is 1. The first kappa shape index (κ1) is 11.5. The van der Waals surface area contributed by atoms with Crippen LogP contribution in [-0.2, 0) is 0 Å². The molecule has 1 nitrogen and oxygen atoms in total. The lowest BCUT2D eigenvalue weighted by atomic mass is 10.3. The van der Waals surface area contributed by atoms with Gasteiger partial charge in [0.05, 0.1) is 9.50 Å². The lowest BCUT2D eigenvalue weighted by Gasteiger charge is -2.07. The Bertz CT molecular complexity index is 342. The van der Waals surface area contributed by atoms with E-state index in [9.17, 15) is 4.39 Å². The van der Waals surface area contributed by atoms with Crippen LogP contribution in [0.15, 0.2) is 28.8 Å². The van der Waals surface area contributed by atoms with Gasteiger partial charge in [0.1, 0.15) is 5.82 Å². The van der Waals surface area contributed by atoms with E-state index in [0.717, 1.165) is 5.57 Å². The molecule has 0 radical (unpaired) electrons. The van der Waals surface area contributed by atoms with E-state index in [4.69, 9.17) is 11.6 Å². The highest BCUT2D eigenvalue weighted by molar-refractivity contribution is 9.10. The second kappa shape index (κ2) is 4.80. The van der Waals surface area contributed by atoms with Crippen molar-refractivity contribution in [3.8, 4) is 0 Å². The smallest absolute Gasteiger partial charge is 0.140 e. The molecule has 0 aliphatic heterocycles. The van der Waals surface area contributed by atoms with Crippen LogP contribution in [0.3, 0.4) is 0 Å². The lowest BCUT2D eigenvalue weighted by Crippen LogP contribution is -2.02. The summed E-state index contributed by atoms with van der Waals surface area (Å²) in [6.07, 6.45) is 0. The molecule has 0 aromatic heterocycles. The quantitative estimate of drug-likeness (QED) is 0.644. The molecule has 1 N–H and O–H groups in total. The summed E-state index contributed by atoms with van der Waals surface area (Å²) in [5.41, 5.74) is 1.63. The number of hydrogen-bond donors (Lipinski definition) is 1. The molecule has 0 heterocycles. The van der Waals surface area contributed by atoms with Crippen LogP contribution < -0.4 is 5.32 Å². The molecule has 4 heteroatoms. The number of benzene rings is 1. The molecule has 14 heavy (non-hydrogen) atoms. The summed E-state index contributed by atoms with van der Waals surface area (Å²) >= 11 is 8.83. The summed E-state index contributed by atoms with van der Waals surface area (Å²) in [4.78, 5) is 0. The zero-order valence-corrected chi connectivity index (χ0v) is 10.0. The maximum absolute atomic E-state index is 13.2. The molecule has 1 aromatic carbocycles. The van der Waals surface area contributed by atoms with Gasteiger partial charge >= 0.3 is 0 Å². The molecule has 1 aromatic rings. The normalized spacial score (nSPS) is 10.0. The zero-order chi connectivity index (χ0) is 10.7. The van der Waals surface area contributed by atoms with E-state index in [1.54, 1.807) is 6.07 Å². The predicted molar refractivity (Wildman–Crippen MR) is 62.4 cm³/mol. The van der Waals surface area contributed by atoms with Crippen molar-refractivity contribution in [3.05, 3.63) is 39.6 Å². The second-order valence-electron chi connectivity index (χ2n) is 3.06. The minimum absolute atomic E-state index is 0.292. The fourth-order valence-electron chi connectivity index (χ4n) is 0.911. The Balaban J connectivity index is 2.84. The topological polar surface area (TPSA) is 12.0 Å². The number of halogens is 3. The van der Waals surface area contributed by atoms with Gasteiger partial charge in [0.2, 0.25) is 0 Å². The van der Waals surface area contributed by atoms with Crippen LogP contribution in [-0.4, -0.2) is 6.54 Å². The van der Waals surface area contributed by atoms with E-state index in [0.29, 0.717) is 21.7 Å². The third-order valence-corrected chi connectivity index (χ3v) is 2.91. The maximum Gasteiger partial charge on any atom is 0.140 e. The highest BCUT2D eigenvalue weighted by Crippen LogP contribution is 2.28. The van der Waals surface area contributed by atoms with E-state index in [1.165, 1.54) is 6.07 Å². The predicted octanol–water partition coefficient (Wildman–Crippen LogP) is 4.23. The van der Waals surface area contributed by atoms with Crippen LogP contribution in [0.5, 0.6) is 0 Å². The second-order valence-corrected chi connectivity index (χ2v) is 4.26. The van der Waals surface area contributed by atoms with Crippen LogP contribution in [0.4, 0.5) is 10.1 Å². The molecule has 0 saturated carbocycles. The Hall–Kier alpha value is -0.540. The summed E-state index contributed by atoms with van der Waals surface area (Å²) in [5, 5.41) is 3.36. The van der Waals surface area contributed by atoms with Crippen LogP contribution in [0.2, 0.25) is 5.02 Å². The molecule has 0 aliphatic carbocycles. The first-order valence-electron chi connectivity index (χ1n) is 4.03. The fraction of sp³-hybridized carbons (Fsp3) is 0.200. The van der Waals surface area contributed by atoms with E-state index in [-0.39, 0.29) is 5.82 Å². The van der Waals surface area contributed by atoms with Gasteiger partial charge in [-0.25, -0.2) is 4.39 Å². The van der Waals surface area contributed by atoms with Crippen molar-refractivity contribution in [2.45, 2.75) is 6.92 Å². The summed E-state index contributed by atoms with van der Waals surface area (Å²) < 4.78 is 13.5. The fourth-order valence-corrected chi connectivity index (χ4v) is 1.35. The van der Waals surface area contributed by atoms with Gasteiger partial charge in [-0.2, -0.15) is 0 Å². The Labute approximate surface area is 96.1 Å². The molecule has 0 spiro atoms. The van der Waals surface area contributed by atoms with Crippen molar-refractivity contribution < 1.29 is 4.39 Å². The van der Waals surface area contributed by atoms with Crippen molar-refractivity contribution in [1.29, 1.82) is 0 Å². The Kier molecular flexibility index (Phi) is 3.96. The van der Waals surface area contributed by atoms with Crippen LogP contribution in [0.25, 0.3) is 0 Å². The SMILES string of the molecule is C=C(C)CNc1cc(F)c(Br)c(Cl)c1. The summed E-state index contributed by atoms with van der Waals surface area (Å²) in [6.45, 7) is 6.24. The van der Waals surface area contributed by atoms with Crippen molar-refractivity contribution in [1.82, 2.24) is 0 Å². The van der Waals surface area contributed by atoms with Gasteiger partial charge in [0.25, 0.3) is 0 Å². The molecule has 0 amide bonds. The highest BCUT2D eigenvalue weighted by atomic mass is 79.9. The van der Waals surface area contributed by atoms with Crippen molar-refractivity contribution >= 4 is 33.2 Å². The van der Waals surface area contributed by atoms with Gasteiger partial charge in [-0.3, -0.25) is 0 Å². The van der Waals surface area contributed by atoms with Gasteiger partial charge in [-0.05, 0) is 35.0 Å². The first-order chi connectivity index (χ1) is 6.50. The van der Waals surface area contributed by atoms with Crippen molar-refractivity contribution in [3.63, 3.8) is 0 Å². The molecule has 76 valence electrons. The maximum atomic E-state index is 13.2. The number of anilines is 1. The average molecular weight is 279 g/mol. The Morgan fingerprint density at radius 3 is 2.79 bits per heavy atom. The lowest BCUT2D eigenvalue weighted by molar-refractivity contribution is 0.621. The third kappa shape index (κ3) is 3.00. The average Bonchev–Trinajstić information content (AvgIpc) is 2.10.